The number of nitrogens with zero attached hydrogens (tertiary/aromatic N) is 3. The number of imidazole rings is 1. The quantitative estimate of drug-likeness (QED) is 0.677. The van der Waals surface area contributed by atoms with E-state index in [-0.39, 0.29) is 29.8 Å². The van der Waals surface area contributed by atoms with Crippen LogP contribution >= 0.6 is 0 Å². The van der Waals surface area contributed by atoms with Crippen molar-refractivity contribution in [3.8, 4) is 5.69 Å². The van der Waals surface area contributed by atoms with Gasteiger partial charge in [-0.2, -0.15) is 4.31 Å². The fourth-order valence-corrected chi connectivity index (χ4v) is 5.03. The number of carbonyl (C=O) groups excluding carboxylic acids is 1. The molecule has 7 nitrogen and oxygen atoms in total. The predicted octanol–water partition coefficient (Wildman–Crippen LogP) is 3.05. The van der Waals surface area contributed by atoms with Crippen LogP contribution in [-0.4, -0.2) is 41.3 Å². The molecule has 0 bridgehead atoms. The molecule has 1 N–H and O–H groups in total. The van der Waals surface area contributed by atoms with Gasteiger partial charge in [0, 0.05) is 37.1 Å². The third-order valence-electron chi connectivity index (χ3n) is 5.20. The molecule has 1 amide bonds. The molecular formula is C21H21FN4O3S. The van der Waals surface area contributed by atoms with Crippen molar-refractivity contribution >= 4 is 21.6 Å². The van der Waals surface area contributed by atoms with Crippen LogP contribution in [0.15, 0.2) is 72.1 Å². The molecule has 3 aromatic rings. The van der Waals surface area contributed by atoms with E-state index in [2.05, 4.69) is 10.3 Å². The number of hydrogen-bond donors (Lipinski definition) is 1. The molecule has 0 atom stereocenters. The largest absolute Gasteiger partial charge is 0.326 e. The van der Waals surface area contributed by atoms with Gasteiger partial charge in [0.1, 0.15) is 5.82 Å². The number of piperidine rings is 1. The molecule has 2 heterocycles. The SMILES string of the molecule is O=C(Nc1ccc(-n2ccnc2)c(F)c1)C1CCN(S(=O)(=O)c2ccccc2)CC1. The Hall–Kier alpha value is -3.04. The highest BCUT2D eigenvalue weighted by Gasteiger charge is 2.32. The minimum Gasteiger partial charge on any atom is -0.326 e. The molecule has 4 rings (SSSR count). The normalized spacial score (nSPS) is 15.8. The Morgan fingerprint density at radius 2 is 1.83 bits per heavy atom. The van der Waals surface area contributed by atoms with E-state index in [1.54, 1.807) is 59.4 Å². The Kier molecular flexibility index (Phi) is 5.65. The van der Waals surface area contributed by atoms with Gasteiger partial charge in [-0.25, -0.2) is 17.8 Å². The molecule has 1 aliphatic rings. The maximum atomic E-state index is 14.4. The van der Waals surface area contributed by atoms with Crippen molar-refractivity contribution in [1.29, 1.82) is 0 Å². The molecule has 9 heteroatoms. The highest BCUT2D eigenvalue weighted by atomic mass is 32.2. The first-order valence-corrected chi connectivity index (χ1v) is 11.0. The van der Waals surface area contributed by atoms with Crippen molar-refractivity contribution in [2.24, 2.45) is 5.92 Å². The van der Waals surface area contributed by atoms with Crippen LogP contribution in [0.25, 0.3) is 5.69 Å². The molecule has 0 spiro atoms. The number of aromatic nitrogens is 2. The first-order chi connectivity index (χ1) is 14.4. The van der Waals surface area contributed by atoms with Crippen molar-refractivity contribution in [2.45, 2.75) is 17.7 Å². The van der Waals surface area contributed by atoms with Crippen LogP contribution in [0, 0.1) is 11.7 Å². The molecule has 2 aromatic carbocycles. The number of carbonyl (C=O) groups is 1. The number of sulfonamides is 1. The van der Waals surface area contributed by atoms with Crippen LogP contribution in [-0.2, 0) is 14.8 Å². The van der Waals surface area contributed by atoms with Crippen molar-refractivity contribution in [2.75, 3.05) is 18.4 Å². The maximum Gasteiger partial charge on any atom is 0.243 e. The van der Waals surface area contributed by atoms with E-state index in [4.69, 9.17) is 0 Å². The monoisotopic (exact) mass is 428 g/mol. The highest BCUT2D eigenvalue weighted by Crippen LogP contribution is 2.25. The van der Waals surface area contributed by atoms with Gasteiger partial charge in [0.15, 0.2) is 0 Å². The zero-order valence-electron chi connectivity index (χ0n) is 16.1. The summed E-state index contributed by atoms with van der Waals surface area (Å²) < 4.78 is 42.7. The van der Waals surface area contributed by atoms with Gasteiger partial charge in [0.25, 0.3) is 0 Å². The summed E-state index contributed by atoms with van der Waals surface area (Å²) in [5.41, 5.74) is 0.700. The van der Waals surface area contributed by atoms with Crippen LogP contribution < -0.4 is 5.32 Å². The van der Waals surface area contributed by atoms with Crippen molar-refractivity contribution in [3.63, 3.8) is 0 Å². The highest BCUT2D eigenvalue weighted by molar-refractivity contribution is 7.89. The zero-order chi connectivity index (χ0) is 21.1. The van der Waals surface area contributed by atoms with Crippen molar-refractivity contribution in [1.82, 2.24) is 13.9 Å². The standard InChI is InChI=1S/C21H21FN4O3S/c22-19-14-17(6-7-20(19)25-13-10-23-15-25)24-21(27)16-8-11-26(12-9-16)30(28,29)18-4-2-1-3-5-18/h1-7,10,13-16H,8-9,11-12H2,(H,24,27). The van der Waals surface area contributed by atoms with Crippen molar-refractivity contribution < 1.29 is 17.6 Å². The fraction of sp³-hybridized carbons (Fsp3) is 0.238. The minimum absolute atomic E-state index is 0.235. The van der Waals surface area contributed by atoms with Crippen LogP contribution in [0.3, 0.4) is 0 Å². The third kappa shape index (κ3) is 4.12. The average Bonchev–Trinajstić information content (AvgIpc) is 3.29. The number of hydrogen-bond acceptors (Lipinski definition) is 4. The Morgan fingerprint density at radius 1 is 1.10 bits per heavy atom. The number of rotatable bonds is 5. The van der Waals surface area contributed by atoms with Gasteiger partial charge in [-0.3, -0.25) is 4.79 Å². The van der Waals surface area contributed by atoms with E-state index >= 15 is 0 Å². The summed E-state index contributed by atoms with van der Waals surface area (Å²) in [4.78, 5) is 16.7. The smallest absolute Gasteiger partial charge is 0.243 e. The number of amides is 1. The van der Waals surface area contributed by atoms with Crippen LogP contribution in [0.1, 0.15) is 12.8 Å². The molecule has 1 aliphatic heterocycles. The topological polar surface area (TPSA) is 84.3 Å². The van der Waals surface area contributed by atoms with Gasteiger partial charge >= 0.3 is 0 Å². The van der Waals surface area contributed by atoms with Gasteiger partial charge in [-0.05, 0) is 43.2 Å². The van der Waals surface area contributed by atoms with E-state index < -0.39 is 15.8 Å². The Morgan fingerprint density at radius 3 is 2.47 bits per heavy atom. The summed E-state index contributed by atoms with van der Waals surface area (Å²) in [7, 11) is -3.56. The van der Waals surface area contributed by atoms with Gasteiger partial charge in [0.2, 0.25) is 15.9 Å². The van der Waals surface area contributed by atoms with E-state index in [9.17, 15) is 17.6 Å². The van der Waals surface area contributed by atoms with Crippen LogP contribution in [0.4, 0.5) is 10.1 Å². The third-order valence-corrected chi connectivity index (χ3v) is 7.12. The lowest BCUT2D eigenvalue weighted by atomic mass is 9.97. The second-order valence-corrected chi connectivity index (χ2v) is 9.05. The molecule has 1 fully saturated rings. The number of anilines is 1. The summed E-state index contributed by atoms with van der Waals surface area (Å²) in [6.07, 6.45) is 5.50. The summed E-state index contributed by atoms with van der Waals surface area (Å²) in [6, 6.07) is 12.7. The summed E-state index contributed by atoms with van der Waals surface area (Å²) in [6.45, 7) is 0.534. The summed E-state index contributed by atoms with van der Waals surface area (Å²) in [5, 5.41) is 2.74. The molecule has 156 valence electrons. The van der Waals surface area contributed by atoms with Gasteiger partial charge in [-0.1, -0.05) is 18.2 Å². The molecule has 0 unspecified atom stereocenters. The number of nitrogens with one attached hydrogen (secondary N) is 1. The van der Waals surface area contributed by atoms with Crippen molar-refractivity contribution in [3.05, 3.63) is 73.1 Å². The van der Waals surface area contributed by atoms with Gasteiger partial charge < -0.3 is 9.88 Å². The Labute approximate surface area is 174 Å². The molecule has 30 heavy (non-hydrogen) atoms. The lowest BCUT2D eigenvalue weighted by molar-refractivity contribution is -0.120. The van der Waals surface area contributed by atoms with Gasteiger partial charge in [-0.15, -0.1) is 0 Å². The van der Waals surface area contributed by atoms with E-state index in [1.807, 2.05) is 0 Å². The first kappa shape index (κ1) is 20.2. The predicted molar refractivity (Wildman–Crippen MR) is 110 cm³/mol. The summed E-state index contributed by atoms with van der Waals surface area (Å²) >= 11 is 0. The Balaban J connectivity index is 1.37. The van der Waals surface area contributed by atoms with Gasteiger partial charge in [0.05, 0.1) is 16.9 Å². The zero-order valence-corrected chi connectivity index (χ0v) is 16.9. The molecule has 0 aliphatic carbocycles. The fourth-order valence-electron chi connectivity index (χ4n) is 3.54. The molecular weight excluding hydrogens is 407 g/mol. The second kappa shape index (κ2) is 8.37. The molecule has 0 saturated carbocycles. The average molecular weight is 428 g/mol. The molecule has 1 aromatic heterocycles. The maximum absolute atomic E-state index is 14.4. The summed E-state index contributed by atoms with van der Waals surface area (Å²) in [5.74, 6) is -1.04. The van der Waals surface area contributed by atoms with Crippen LogP contribution in [0.2, 0.25) is 0 Å². The van der Waals surface area contributed by atoms with E-state index in [0.29, 0.717) is 24.2 Å². The molecule has 1 saturated heterocycles. The van der Waals surface area contributed by atoms with E-state index in [1.165, 1.54) is 16.7 Å². The second-order valence-electron chi connectivity index (χ2n) is 7.12. The van der Waals surface area contributed by atoms with Crippen LogP contribution in [0.5, 0.6) is 0 Å². The minimum atomic E-state index is -3.56. The van der Waals surface area contributed by atoms with E-state index in [0.717, 1.165) is 0 Å². The first-order valence-electron chi connectivity index (χ1n) is 9.59. The lowest BCUT2D eigenvalue weighted by Crippen LogP contribution is -2.41. The molecule has 0 radical (unpaired) electrons. The Bertz CT molecular complexity index is 1130. The number of benzene rings is 2. The number of halogens is 1. The lowest BCUT2D eigenvalue weighted by Gasteiger charge is -2.30.